The topological polar surface area (TPSA) is 88.4 Å². The average molecular weight is 495 g/mol. The van der Waals surface area contributed by atoms with E-state index < -0.39 is 12.0 Å². The number of ether oxygens (including phenoxy) is 4. The van der Waals surface area contributed by atoms with E-state index in [1.807, 2.05) is 24.3 Å². The number of fused-ring (bicyclic) bond motifs is 1. The fourth-order valence-electron chi connectivity index (χ4n) is 3.98. The summed E-state index contributed by atoms with van der Waals surface area (Å²) in [5, 5.41) is 0. The quantitative estimate of drug-likeness (QED) is 0.470. The van der Waals surface area contributed by atoms with Crippen LogP contribution in [0, 0.1) is 0 Å². The highest BCUT2D eigenvalue weighted by Crippen LogP contribution is 2.37. The van der Waals surface area contributed by atoms with Gasteiger partial charge in [-0.1, -0.05) is 23.5 Å². The Balaban J connectivity index is 1.96. The smallest absolute Gasteiger partial charge is 0.338 e. The Morgan fingerprint density at radius 3 is 2.37 bits per heavy atom. The Morgan fingerprint density at radius 1 is 1.06 bits per heavy atom. The van der Waals surface area contributed by atoms with Gasteiger partial charge in [0.2, 0.25) is 0 Å². The summed E-state index contributed by atoms with van der Waals surface area (Å²) in [5.74, 6) is 1.28. The molecule has 0 amide bonds. The first-order valence-electron chi connectivity index (χ1n) is 11.0. The van der Waals surface area contributed by atoms with E-state index in [9.17, 15) is 9.59 Å². The number of carbonyl (C=O) groups excluding carboxylic acids is 1. The standard InChI is InChI=1S/C26H26N2O6S/c1-6-34-25(30)22-15(2)27-26-28(23(22)19-12-11-18(32-4)14-20(19)33-5)24(29)21(35-26)13-16-7-9-17(31-3)10-8-16/h7-14,23H,6H2,1-5H3/b21-13-/t23-/m0/s1. The number of nitrogens with zero attached hydrogens (tertiary/aromatic N) is 2. The summed E-state index contributed by atoms with van der Waals surface area (Å²) >= 11 is 1.26. The van der Waals surface area contributed by atoms with E-state index in [1.165, 1.54) is 23.0 Å². The van der Waals surface area contributed by atoms with Crippen molar-refractivity contribution in [1.29, 1.82) is 0 Å². The molecule has 0 unspecified atom stereocenters. The summed E-state index contributed by atoms with van der Waals surface area (Å²) in [5.41, 5.74) is 1.99. The van der Waals surface area contributed by atoms with Gasteiger partial charge in [-0.3, -0.25) is 9.36 Å². The molecule has 0 saturated heterocycles. The fraction of sp³-hybridized carbons (Fsp3) is 0.269. The van der Waals surface area contributed by atoms with Gasteiger partial charge in [0, 0.05) is 11.6 Å². The molecule has 8 nitrogen and oxygen atoms in total. The van der Waals surface area contributed by atoms with Gasteiger partial charge >= 0.3 is 5.97 Å². The Labute approximate surface area is 206 Å². The molecule has 1 aromatic heterocycles. The molecular weight excluding hydrogens is 468 g/mol. The van der Waals surface area contributed by atoms with E-state index in [-0.39, 0.29) is 12.2 Å². The van der Waals surface area contributed by atoms with E-state index in [4.69, 9.17) is 18.9 Å². The summed E-state index contributed by atoms with van der Waals surface area (Å²) in [7, 11) is 4.70. The van der Waals surface area contributed by atoms with Crippen LogP contribution in [-0.2, 0) is 9.53 Å². The van der Waals surface area contributed by atoms with Gasteiger partial charge in [0.15, 0.2) is 4.80 Å². The number of thiazole rings is 1. The third-order valence-electron chi connectivity index (χ3n) is 5.67. The van der Waals surface area contributed by atoms with Gasteiger partial charge in [-0.25, -0.2) is 9.79 Å². The molecule has 35 heavy (non-hydrogen) atoms. The Morgan fingerprint density at radius 2 is 1.74 bits per heavy atom. The van der Waals surface area contributed by atoms with Crippen LogP contribution in [0.15, 0.2) is 63.5 Å². The summed E-state index contributed by atoms with van der Waals surface area (Å²) in [6.45, 7) is 3.68. The van der Waals surface area contributed by atoms with Gasteiger partial charge in [0.05, 0.1) is 43.7 Å². The van der Waals surface area contributed by atoms with E-state index >= 15 is 0 Å². The molecule has 0 saturated carbocycles. The van der Waals surface area contributed by atoms with Crippen LogP contribution in [0.2, 0.25) is 0 Å². The number of hydrogen-bond donors (Lipinski definition) is 0. The molecule has 0 bridgehead atoms. The van der Waals surface area contributed by atoms with E-state index in [0.717, 1.165) is 11.3 Å². The van der Waals surface area contributed by atoms with Crippen molar-refractivity contribution in [1.82, 2.24) is 4.57 Å². The van der Waals surface area contributed by atoms with Crippen molar-refractivity contribution >= 4 is 23.4 Å². The first-order chi connectivity index (χ1) is 16.9. The molecule has 2 aromatic carbocycles. The largest absolute Gasteiger partial charge is 0.497 e. The lowest BCUT2D eigenvalue weighted by atomic mass is 9.95. The lowest BCUT2D eigenvalue weighted by Crippen LogP contribution is -2.40. The zero-order chi connectivity index (χ0) is 25.1. The highest BCUT2D eigenvalue weighted by Gasteiger charge is 2.35. The van der Waals surface area contributed by atoms with Crippen LogP contribution in [0.3, 0.4) is 0 Å². The molecule has 2 heterocycles. The van der Waals surface area contributed by atoms with Gasteiger partial charge in [0.1, 0.15) is 23.3 Å². The van der Waals surface area contributed by atoms with Gasteiger partial charge in [-0.15, -0.1) is 0 Å². The van der Waals surface area contributed by atoms with Crippen LogP contribution in [0.5, 0.6) is 17.2 Å². The number of allylic oxidation sites excluding steroid dienone is 1. The van der Waals surface area contributed by atoms with Gasteiger partial charge < -0.3 is 18.9 Å². The molecule has 1 atom stereocenters. The van der Waals surface area contributed by atoms with Crippen LogP contribution >= 0.6 is 11.3 Å². The van der Waals surface area contributed by atoms with Crippen molar-refractivity contribution in [2.24, 2.45) is 4.99 Å². The van der Waals surface area contributed by atoms with Crippen molar-refractivity contribution in [3.8, 4) is 17.2 Å². The molecule has 0 aliphatic carbocycles. The second-order valence-electron chi connectivity index (χ2n) is 7.68. The van der Waals surface area contributed by atoms with E-state index in [1.54, 1.807) is 52.3 Å². The van der Waals surface area contributed by atoms with Crippen molar-refractivity contribution in [2.75, 3.05) is 27.9 Å². The fourth-order valence-corrected chi connectivity index (χ4v) is 5.03. The number of esters is 1. The van der Waals surface area contributed by atoms with Crippen LogP contribution in [-0.4, -0.2) is 38.5 Å². The molecule has 0 radical (unpaired) electrons. The van der Waals surface area contributed by atoms with Gasteiger partial charge in [-0.05, 0) is 49.8 Å². The molecule has 3 aromatic rings. The minimum atomic E-state index is -0.774. The number of rotatable bonds is 7. The first-order valence-corrected chi connectivity index (χ1v) is 11.8. The molecule has 182 valence electrons. The molecule has 1 aliphatic rings. The lowest BCUT2D eigenvalue weighted by molar-refractivity contribution is -0.139. The second-order valence-corrected chi connectivity index (χ2v) is 8.69. The Hall–Kier alpha value is -3.85. The molecule has 0 spiro atoms. The summed E-state index contributed by atoms with van der Waals surface area (Å²) < 4.78 is 23.5. The van der Waals surface area contributed by atoms with Crippen LogP contribution in [0.1, 0.15) is 31.0 Å². The molecule has 4 rings (SSSR count). The average Bonchev–Trinajstić information content (AvgIpc) is 3.17. The zero-order valence-corrected chi connectivity index (χ0v) is 21.0. The summed E-state index contributed by atoms with van der Waals surface area (Å²) in [6.07, 6.45) is 1.80. The number of methoxy groups -OCH3 is 3. The number of carbonyl (C=O) groups is 1. The first kappa shape index (κ1) is 24.3. The maximum atomic E-state index is 13.7. The Kier molecular flexibility index (Phi) is 7.07. The van der Waals surface area contributed by atoms with Gasteiger partial charge in [-0.2, -0.15) is 0 Å². The lowest BCUT2D eigenvalue weighted by Gasteiger charge is -2.26. The van der Waals surface area contributed by atoms with E-state index in [0.29, 0.717) is 37.7 Å². The van der Waals surface area contributed by atoms with Crippen molar-refractivity contribution in [2.45, 2.75) is 19.9 Å². The monoisotopic (exact) mass is 494 g/mol. The number of aromatic nitrogens is 1. The van der Waals surface area contributed by atoms with E-state index in [2.05, 4.69) is 4.99 Å². The highest BCUT2D eigenvalue weighted by atomic mass is 32.1. The SMILES string of the molecule is CCOC(=O)C1=C(C)N=c2s/c(=C\c3ccc(OC)cc3)c(=O)n2[C@H]1c1ccc(OC)cc1OC. The minimum absolute atomic E-state index is 0.198. The zero-order valence-electron chi connectivity index (χ0n) is 20.2. The van der Waals surface area contributed by atoms with Crippen LogP contribution in [0.4, 0.5) is 0 Å². The van der Waals surface area contributed by atoms with Crippen molar-refractivity contribution < 1.29 is 23.7 Å². The van der Waals surface area contributed by atoms with Crippen molar-refractivity contribution in [3.05, 3.63) is 84.5 Å². The van der Waals surface area contributed by atoms with Crippen LogP contribution in [0.25, 0.3) is 6.08 Å². The maximum Gasteiger partial charge on any atom is 0.338 e. The molecule has 0 N–H and O–H groups in total. The van der Waals surface area contributed by atoms with Crippen LogP contribution < -0.4 is 29.1 Å². The highest BCUT2D eigenvalue weighted by molar-refractivity contribution is 7.07. The molecule has 0 fully saturated rings. The summed E-state index contributed by atoms with van der Waals surface area (Å²) in [4.78, 5) is 31.8. The molecule has 1 aliphatic heterocycles. The third kappa shape index (κ3) is 4.59. The number of hydrogen-bond acceptors (Lipinski definition) is 8. The summed E-state index contributed by atoms with van der Waals surface area (Å²) in [6, 6.07) is 11.9. The van der Waals surface area contributed by atoms with Crippen molar-refractivity contribution in [3.63, 3.8) is 0 Å². The third-order valence-corrected chi connectivity index (χ3v) is 6.65. The molecular formula is C26H26N2O6S. The predicted octanol–water partition coefficient (Wildman–Crippen LogP) is 2.82. The minimum Gasteiger partial charge on any atom is -0.497 e. The second kappa shape index (κ2) is 10.2. The molecule has 9 heteroatoms. The maximum absolute atomic E-state index is 13.7. The van der Waals surface area contributed by atoms with Gasteiger partial charge in [0.25, 0.3) is 5.56 Å². The normalized spacial score (nSPS) is 15.3. The number of benzene rings is 2. The predicted molar refractivity (Wildman–Crippen MR) is 133 cm³/mol. The Bertz CT molecular complexity index is 1470.